The fourth-order valence-corrected chi connectivity index (χ4v) is 2.78. The monoisotopic (exact) mass is 258 g/mol. The van der Waals surface area contributed by atoms with Gasteiger partial charge in [-0.15, -0.1) is 0 Å². The number of carbonyl (C=O) groups is 1. The van der Waals surface area contributed by atoms with Crippen LogP contribution < -0.4 is 0 Å². The lowest BCUT2D eigenvalue weighted by Gasteiger charge is -2.37. The third-order valence-corrected chi connectivity index (χ3v) is 4.22. The molecule has 0 saturated carbocycles. The van der Waals surface area contributed by atoms with Crippen LogP contribution >= 0.6 is 0 Å². The SMILES string of the molecule is CCOCCOC(=O)C(CC)C(CC)(CC)CC. The topological polar surface area (TPSA) is 35.5 Å². The smallest absolute Gasteiger partial charge is 0.309 e. The highest BCUT2D eigenvalue weighted by molar-refractivity contribution is 5.73. The van der Waals surface area contributed by atoms with Gasteiger partial charge in [0.05, 0.1) is 12.5 Å². The zero-order valence-electron chi connectivity index (χ0n) is 12.8. The molecule has 0 aliphatic rings. The van der Waals surface area contributed by atoms with E-state index in [1.807, 2.05) is 6.92 Å². The summed E-state index contributed by atoms with van der Waals surface area (Å²) in [5, 5.41) is 0. The Morgan fingerprint density at radius 3 is 1.94 bits per heavy atom. The molecule has 0 spiro atoms. The Hall–Kier alpha value is -0.570. The quantitative estimate of drug-likeness (QED) is 0.441. The second-order valence-electron chi connectivity index (χ2n) is 4.75. The Labute approximate surface area is 112 Å². The summed E-state index contributed by atoms with van der Waals surface area (Å²) in [5.74, 6) is -0.0399. The van der Waals surface area contributed by atoms with E-state index >= 15 is 0 Å². The van der Waals surface area contributed by atoms with Crippen LogP contribution in [0.1, 0.15) is 60.3 Å². The molecule has 0 aromatic heterocycles. The molecule has 0 aromatic rings. The first-order valence-electron chi connectivity index (χ1n) is 7.36. The fraction of sp³-hybridized carbons (Fsp3) is 0.933. The molecule has 0 saturated heterocycles. The van der Waals surface area contributed by atoms with Gasteiger partial charge in [0, 0.05) is 6.61 Å². The van der Waals surface area contributed by atoms with E-state index in [1.54, 1.807) is 0 Å². The Morgan fingerprint density at radius 2 is 1.56 bits per heavy atom. The summed E-state index contributed by atoms with van der Waals surface area (Å²) in [6.45, 7) is 12.1. The molecule has 0 N–H and O–H groups in total. The molecule has 0 bridgehead atoms. The van der Waals surface area contributed by atoms with Gasteiger partial charge in [-0.1, -0.05) is 27.7 Å². The molecule has 1 unspecified atom stereocenters. The predicted octanol–water partition coefficient (Wildman–Crippen LogP) is 3.81. The molecular weight excluding hydrogens is 228 g/mol. The van der Waals surface area contributed by atoms with E-state index in [0.717, 1.165) is 25.7 Å². The molecular formula is C15H30O3. The van der Waals surface area contributed by atoms with Crippen LogP contribution in [-0.2, 0) is 14.3 Å². The second kappa shape index (κ2) is 9.37. The number of esters is 1. The van der Waals surface area contributed by atoms with E-state index in [0.29, 0.717) is 19.8 Å². The van der Waals surface area contributed by atoms with Crippen LogP contribution in [0.4, 0.5) is 0 Å². The van der Waals surface area contributed by atoms with Crippen LogP contribution in [0.5, 0.6) is 0 Å². The normalized spacial score (nSPS) is 13.4. The van der Waals surface area contributed by atoms with Crippen molar-refractivity contribution in [1.82, 2.24) is 0 Å². The molecule has 0 aliphatic heterocycles. The molecule has 3 nitrogen and oxygen atoms in total. The van der Waals surface area contributed by atoms with Gasteiger partial charge in [-0.25, -0.2) is 0 Å². The highest BCUT2D eigenvalue weighted by Gasteiger charge is 2.38. The maximum absolute atomic E-state index is 12.2. The van der Waals surface area contributed by atoms with Crippen LogP contribution in [0.3, 0.4) is 0 Å². The summed E-state index contributed by atoms with van der Waals surface area (Å²) in [6, 6.07) is 0. The van der Waals surface area contributed by atoms with E-state index in [4.69, 9.17) is 9.47 Å². The third-order valence-electron chi connectivity index (χ3n) is 4.22. The van der Waals surface area contributed by atoms with E-state index in [-0.39, 0.29) is 17.3 Å². The van der Waals surface area contributed by atoms with Crippen LogP contribution in [0.15, 0.2) is 0 Å². The fourth-order valence-electron chi connectivity index (χ4n) is 2.78. The van der Waals surface area contributed by atoms with E-state index < -0.39 is 0 Å². The Kier molecular flexibility index (Phi) is 9.08. The molecule has 0 rings (SSSR count). The maximum Gasteiger partial charge on any atom is 0.309 e. The molecule has 0 amide bonds. The zero-order chi connectivity index (χ0) is 14.0. The minimum Gasteiger partial charge on any atom is -0.463 e. The summed E-state index contributed by atoms with van der Waals surface area (Å²) < 4.78 is 10.5. The Balaban J connectivity index is 4.49. The van der Waals surface area contributed by atoms with Crippen molar-refractivity contribution in [2.24, 2.45) is 11.3 Å². The van der Waals surface area contributed by atoms with Crippen molar-refractivity contribution in [2.75, 3.05) is 19.8 Å². The summed E-state index contributed by atoms with van der Waals surface area (Å²) in [4.78, 5) is 12.2. The van der Waals surface area contributed by atoms with Crippen molar-refractivity contribution in [3.8, 4) is 0 Å². The lowest BCUT2D eigenvalue weighted by atomic mass is 9.68. The van der Waals surface area contributed by atoms with Crippen molar-refractivity contribution in [3.63, 3.8) is 0 Å². The number of hydrogen-bond donors (Lipinski definition) is 0. The minimum atomic E-state index is -0.0530. The molecule has 0 fully saturated rings. The van der Waals surface area contributed by atoms with E-state index in [9.17, 15) is 4.79 Å². The van der Waals surface area contributed by atoms with Gasteiger partial charge in [0.2, 0.25) is 0 Å². The van der Waals surface area contributed by atoms with Crippen LogP contribution in [0.2, 0.25) is 0 Å². The number of carbonyl (C=O) groups excluding carboxylic acids is 1. The largest absolute Gasteiger partial charge is 0.463 e. The number of rotatable bonds is 10. The van der Waals surface area contributed by atoms with Gasteiger partial charge in [-0.05, 0) is 38.0 Å². The first kappa shape index (κ1) is 17.4. The Morgan fingerprint density at radius 1 is 1.00 bits per heavy atom. The standard InChI is InChI=1S/C15H30O3/c1-6-13(15(7-2,8-3)9-4)14(16)18-12-11-17-10-5/h13H,6-12H2,1-5H3. The van der Waals surface area contributed by atoms with Crippen molar-refractivity contribution >= 4 is 5.97 Å². The molecule has 0 aromatic carbocycles. The molecule has 0 aliphatic carbocycles. The minimum absolute atomic E-state index is 0.0131. The first-order chi connectivity index (χ1) is 8.61. The van der Waals surface area contributed by atoms with Crippen molar-refractivity contribution in [3.05, 3.63) is 0 Å². The number of ether oxygens (including phenoxy) is 2. The van der Waals surface area contributed by atoms with Crippen molar-refractivity contribution in [2.45, 2.75) is 60.3 Å². The van der Waals surface area contributed by atoms with Crippen molar-refractivity contribution < 1.29 is 14.3 Å². The van der Waals surface area contributed by atoms with Crippen LogP contribution in [0, 0.1) is 11.3 Å². The van der Waals surface area contributed by atoms with Crippen LogP contribution in [0.25, 0.3) is 0 Å². The predicted molar refractivity (Wildman–Crippen MR) is 74.5 cm³/mol. The van der Waals surface area contributed by atoms with Gasteiger partial charge < -0.3 is 9.47 Å². The summed E-state index contributed by atoms with van der Waals surface area (Å²) in [7, 11) is 0. The number of hydrogen-bond acceptors (Lipinski definition) is 3. The highest BCUT2D eigenvalue weighted by Crippen LogP contribution is 2.41. The third kappa shape index (κ3) is 4.60. The van der Waals surface area contributed by atoms with Gasteiger partial charge in [0.15, 0.2) is 0 Å². The van der Waals surface area contributed by atoms with Crippen LogP contribution in [-0.4, -0.2) is 25.8 Å². The molecule has 3 heteroatoms. The van der Waals surface area contributed by atoms with Gasteiger partial charge >= 0.3 is 5.97 Å². The summed E-state index contributed by atoms with van der Waals surface area (Å²) in [6.07, 6.45) is 3.93. The molecule has 1 atom stereocenters. The lowest BCUT2D eigenvalue weighted by molar-refractivity contribution is -0.156. The molecule has 18 heavy (non-hydrogen) atoms. The average Bonchev–Trinajstić information content (AvgIpc) is 2.41. The van der Waals surface area contributed by atoms with Gasteiger partial charge in [0.1, 0.15) is 6.61 Å². The molecule has 0 heterocycles. The maximum atomic E-state index is 12.2. The average molecular weight is 258 g/mol. The van der Waals surface area contributed by atoms with Gasteiger partial charge in [-0.2, -0.15) is 0 Å². The van der Waals surface area contributed by atoms with E-state index in [2.05, 4.69) is 27.7 Å². The first-order valence-corrected chi connectivity index (χ1v) is 7.36. The summed E-state index contributed by atoms with van der Waals surface area (Å²) >= 11 is 0. The highest BCUT2D eigenvalue weighted by atomic mass is 16.6. The van der Waals surface area contributed by atoms with Gasteiger partial charge in [-0.3, -0.25) is 4.79 Å². The lowest BCUT2D eigenvalue weighted by Crippen LogP contribution is -2.36. The zero-order valence-corrected chi connectivity index (χ0v) is 12.8. The molecule has 0 radical (unpaired) electrons. The van der Waals surface area contributed by atoms with Crippen molar-refractivity contribution in [1.29, 1.82) is 0 Å². The molecule has 108 valence electrons. The van der Waals surface area contributed by atoms with E-state index in [1.165, 1.54) is 0 Å². The summed E-state index contributed by atoms with van der Waals surface area (Å²) in [5.41, 5.74) is 0.0947. The van der Waals surface area contributed by atoms with Gasteiger partial charge in [0.25, 0.3) is 0 Å². The Bertz CT molecular complexity index is 214. The second-order valence-corrected chi connectivity index (χ2v) is 4.75.